The molecule has 3 nitrogen and oxygen atoms in total. The summed E-state index contributed by atoms with van der Waals surface area (Å²) in [5.74, 6) is -0.708. The maximum absolute atomic E-state index is 12.5. The Morgan fingerprint density at radius 1 is 1.22 bits per heavy atom. The average Bonchev–Trinajstić information content (AvgIpc) is 2.35. The highest BCUT2D eigenvalue weighted by atomic mass is 16.3. The van der Waals surface area contributed by atoms with Crippen molar-refractivity contribution in [2.24, 2.45) is 17.8 Å². The van der Waals surface area contributed by atoms with Crippen molar-refractivity contribution >= 4 is 11.6 Å². The molecule has 3 unspecified atom stereocenters. The van der Waals surface area contributed by atoms with E-state index in [-0.39, 0.29) is 40.6 Å². The Kier molecular flexibility index (Phi) is 2.37. The van der Waals surface area contributed by atoms with Crippen LogP contribution in [-0.2, 0) is 0 Å². The molecule has 1 N–H and O–H groups in total. The van der Waals surface area contributed by atoms with Gasteiger partial charge < -0.3 is 5.11 Å². The molecule has 3 rings (SSSR count). The number of phenols is 1. The fourth-order valence-corrected chi connectivity index (χ4v) is 3.14. The van der Waals surface area contributed by atoms with Crippen LogP contribution < -0.4 is 0 Å². The molecule has 0 fully saturated rings. The average molecular weight is 242 g/mol. The number of carbonyl (C=O) groups excluding carboxylic acids is 2. The molecule has 2 aliphatic rings. The van der Waals surface area contributed by atoms with Gasteiger partial charge in [-0.15, -0.1) is 0 Å². The van der Waals surface area contributed by atoms with Crippen molar-refractivity contribution in [1.82, 2.24) is 0 Å². The Bertz CT molecular complexity index is 571. The monoisotopic (exact) mass is 242 g/mol. The van der Waals surface area contributed by atoms with Gasteiger partial charge in [0.15, 0.2) is 11.6 Å². The van der Waals surface area contributed by atoms with Crippen molar-refractivity contribution < 1.29 is 14.7 Å². The fourth-order valence-electron chi connectivity index (χ4n) is 3.14. The molecular weight excluding hydrogens is 228 g/mol. The van der Waals surface area contributed by atoms with Crippen LogP contribution in [0.3, 0.4) is 0 Å². The van der Waals surface area contributed by atoms with Crippen LogP contribution >= 0.6 is 0 Å². The SMILES string of the molecule is CC1C=CCC2C(=O)c3cccc(O)c3C(=O)C12. The van der Waals surface area contributed by atoms with Gasteiger partial charge in [-0.2, -0.15) is 0 Å². The predicted molar refractivity (Wildman–Crippen MR) is 66.7 cm³/mol. The normalized spacial score (nSPS) is 29.9. The van der Waals surface area contributed by atoms with Crippen molar-refractivity contribution in [2.45, 2.75) is 13.3 Å². The summed E-state index contributed by atoms with van der Waals surface area (Å²) in [5.41, 5.74) is 0.592. The van der Waals surface area contributed by atoms with E-state index in [0.717, 1.165) is 0 Å². The number of rotatable bonds is 0. The summed E-state index contributed by atoms with van der Waals surface area (Å²) < 4.78 is 0. The van der Waals surface area contributed by atoms with Gasteiger partial charge in [0.25, 0.3) is 0 Å². The van der Waals surface area contributed by atoms with Crippen LogP contribution in [0.2, 0.25) is 0 Å². The minimum Gasteiger partial charge on any atom is -0.507 e. The highest BCUT2D eigenvalue weighted by molar-refractivity contribution is 6.17. The molecule has 0 radical (unpaired) electrons. The molecule has 0 aliphatic heterocycles. The van der Waals surface area contributed by atoms with Gasteiger partial charge in [0.2, 0.25) is 0 Å². The zero-order valence-electron chi connectivity index (χ0n) is 10.1. The van der Waals surface area contributed by atoms with E-state index in [1.165, 1.54) is 6.07 Å². The van der Waals surface area contributed by atoms with Crippen LogP contribution in [0.4, 0.5) is 0 Å². The smallest absolute Gasteiger partial charge is 0.171 e. The van der Waals surface area contributed by atoms with Gasteiger partial charge in [0.1, 0.15) is 5.75 Å². The topological polar surface area (TPSA) is 54.4 Å². The number of phenolic OH excluding ortho intramolecular Hbond substituents is 1. The molecule has 2 aliphatic carbocycles. The number of allylic oxidation sites excluding steroid dienone is 2. The summed E-state index contributed by atoms with van der Waals surface area (Å²) in [7, 11) is 0. The van der Waals surface area contributed by atoms with Crippen molar-refractivity contribution in [3.63, 3.8) is 0 Å². The van der Waals surface area contributed by atoms with E-state index in [2.05, 4.69) is 0 Å². The predicted octanol–water partition coefficient (Wildman–Crippen LogP) is 2.60. The van der Waals surface area contributed by atoms with Crippen LogP contribution in [-0.4, -0.2) is 16.7 Å². The number of Topliss-reactive ketones (excluding diaryl/α,β-unsaturated/α-hetero) is 2. The molecule has 0 saturated heterocycles. The quantitative estimate of drug-likeness (QED) is 0.711. The first-order valence-electron chi connectivity index (χ1n) is 6.18. The van der Waals surface area contributed by atoms with Gasteiger partial charge in [-0.3, -0.25) is 9.59 Å². The first-order valence-corrected chi connectivity index (χ1v) is 6.18. The molecule has 0 spiro atoms. The van der Waals surface area contributed by atoms with Crippen LogP contribution in [0.15, 0.2) is 30.4 Å². The van der Waals surface area contributed by atoms with E-state index in [9.17, 15) is 14.7 Å². The largest absolute Gasteiger partial charge is 0.507 e. The van der Waals surface area contributed by atoms with E-state index in [1.54, 1.807) is 12.1 Å². The van der Waals surface area contributed by atoms with Gasteiger partial charge in [-0.1, -0.05) is 31.2 Å². The van der Waals surface area contributed by atoms with Crippen LogP contribution in [0.1, 0.15) is 34.1 Å². The summed E-state index contributed by atoms with van der Waals surface area (Å²) in [4.78, 5) is 24.9. The minimum absolute atomic E-state index is 0.0123. The lowest BCUT2D eigenvalue weighted by Crippen LogP contribution is -2.41. The van der Waals surface area contributed by atoms with E-state index in [1.807, 2.05) is 19.1 Å². The Hall–Kier alpha value is -1.90. The second-order valence-corrected chi connectivity index (χ2v) is 5.08. The lowest BCUT2D eigenvalue weighted by Gasteiger charge is -2.35. The van der Waals surface area contributed by atoms with E-state index in [4.69, 9.17) is 0 Å². The number of hydrogen-bond acceptors (Lipinski definition) is 3. The van der Waals surface area contributed by atoms with Gasteiger partial charge >= 0.3 is 0 Å². The molecule has 3 heteroatoms. The second-order valence-electron chi connectivity index (χ2n) is 5.08. The minimum atomic E-state index is -0.316. The number of carbonyl (C=O) groups is 2. The Balaban J connectivity index is 2.21. The summed E-state index contributed by atoms with van der Waals surface area (Å²) in [6.45, 7) is 1.95. The third-order valence-corrected chi connectivity index (χ3v) is 4.02. The first-order chi connectivity index (χ1) is 8.61. The Morgan fingerprint density at radius 2 is 2.00 bits per heavy atom. The first kappa shape index (κ1) is 11.2. The zero-order chi connectivity index (χ0) is 12.9. The standard InChI is InChI=1S/C15H14O3/c1-8-4-2-5-9-12(8)15(18)13-10(14(9)17)6-3-7-11(13)16/h2-4,6-9,12,16H,5H2,1H3. The van der Waals surface area contributed by atoms with Crippen molar-refractivity contribution in [2.75, 3.05) is 0 Å². The molecule has 0 aromatic heterocycles. The maximum atomic E-state index is 12.5. The molecule has 0 bridgehead atoms. The van der Waals surface area contributed by atoms with Crippen molar-refractivity contribution in [3.05, 3.63) is 41.5 Å². The van der Waals surface area contributed by atoms with Gasteiger partial charge in [0, 0.05) is 17.4 Å². The van der Waals surface area contributed by atoms with Crippen LogP contribution in [0, 0.1) is 17.8 Å². The number of aromatic hydroxyl groups is 1. The van der Waals surface area contributed by atoms with Gasteiger partial charge in [-0.25, -0.2) is 0 Å². The van der Waals surface area contributed by atoms with Gasteiger partial charge in [-0.05, 0) is 18.4 Å². The van der Waals surface area contributed by atoms with Crippen molar-refractivity contribution in [1.29, 1.82) is 0 Å². The highest BCUT2D eigenvalue weighted by Gasteiger charge is 2.45. The molecular formula is C15H14O3. The Labute approximate surface area is 105 Å². The van der Waals surface area contributed by atoms with Crippen molar-refractivity contribution in [3.8, 4) is 5.75 Å². The third kappa shape index (κ3) is 1.37. The highest BCUT2D eigenvalue weighted by Crippen LogP contribution is 2.42. The summed E-state index contributed by atoms with van der Waals surface area (Å²) in [6.07, 6.45) is 4.58. The molecule has 1 aromatic rings. The molecule has 0 saturated carbocycles. The van der Waals surface area contributed by atoms with E-state index < -0.39 is 0 Å². The van der Waals surface area contributed by atoms with E-state index >= 15 is 0 Å². The fraction of sp³-hybridized carbons (Fsp3) is 0.333. The molecule has 0 amide bonds. The van der Waals surface area contributed by atoms with E-state index in [0.29, 0.717) is 12.0 Å². The number of fused-ring (bicyclic) bond motifs is 2. The summed E-state index contributed by atoms with van der Waals surface area (Å²) in [5, 5.41) is 9.83. The zero-order valence-corrected chi connectivity index (χ0v) is 10.1. The van der Waals surface area contributed by atoms with Gasteiger partial charge in [0.05, 0.1) is 5.56 Å². The number of hydrogen-bond donors (Lipinski definition) is 1. The molecule has 0 heterocycles. The molecule has 92 valence electrons. The maximum Gasteiger partial charge on any atom is 0.171 e. The molecule has 18 heavy (non-hydrogen) atoms. The second kappa shape index (κ2) is 3.80. The molecule has 3 atom stereocenters. The summed E-state index contributed by atoms with van der Waals surface area (Å²) in [6, 6.07) is 4.71. The third-order valence-electron chi connectivity index (χ3n) is 4.02. The number of ketones is 2. The lowest BCUT2D eigenvalue weighted by atomic mass is 9.65. The lowest BCUT2D eigenvalue weighted by molar-refractivity contribution is 0.0685. The summed E-state index contributed by atoms with van der Waals surface area (Å²) >= 11 is 0. The molecule has 1 aromatic carbocycles. The van der Waals surface area contributed by atoms with Crippen LogP contribution in [0.5, 0.6) is 5.75 Å². The van der Waals surface area contributed by atoms with Crippen LogP contribution in [0.25, 0.3) is 0 Å². The Morgan fingerprint density at radius 3 is 2.78 bits per heavy atom. The number of benzene rings is 1.